The molecule has 4 nitrogen and oxygen atoms in total. The lowest BCUT2D eigenvalue weighted by Crippen LogP contribution is -2.59. The number of rotatable bonds is 3. The van der Waals surface area contributed by atoms with Gasteiger partial charge in [0.15, 0.2) is 0 Å². The molecule has 1 aromatic heterocycles. The van der Waals surface area contributed by atoms with Gasteiger partial charge in [0.2, 0.25) is 0 Å². The van der Waals surface area contributed by atoms with Crippen LogP contribution in [0.4, 0.5) is 0 Å². The largest absolute Gasteiger partial charge is 0.385 e. The van der Waals surface area contributed by atoms with Gasteiger partial charge in [-0.15, -0.1) is 11.3 Å². The average Bonchev–Trinajstić information content (AvgIpc) is 3.18. The molecule has 1 unspecified atom stereocenters. The minimum Gasteiger partial charge on any atom is -0.385 e. The summed E-state index contributed by atoms with van der Waals surface area (Å²) in [6.45, 7) is 0.581. The van der Waals surface area contributed by atoms with Crippen LogP contribution in [-0.4, -0.2) is 39.7 Å². The van der Waals surface area contributed by atoms with E-state index in [2.05, 4.69) is 4.98 Å². The Morgan fingerprint density at radius 1 is 1.31 bits per heavy atom. The molecule has 3 atom stereocenters. The number of carbonyl (C=O) groups excluding carboxylic acids is 1. The number of carbonyl (C=O) groups is 1. The summed E-state index contributed by atoms with van der Waals surface area (Å²) >= 11 is 3.09. The van der Waals surface area contributed by atoms with Crippen molar-refractivity contribution in [3.8, 4) is 0 Å². The minimum absolute atomic E-state index is 0.0218. The number of aromatic nitrogens is 1. The molecular weight excluding hydrogens is 364 g/mol. The highest BCUT2D eigenvalue weighted by molar-refractivity contribution is 8.00. The molecule has 1 amide bonds. The number of piperidine rings is 1. The number of thiazole rings is 1. The van der Waals surface area contributed by atoms with Gasteiger partial charge in [-0.25, -0.2) is 4.98 Å². The predicted molar refractivity (Wildman–Crippen MR) is 106 cm³/mol. The highest BCUT2D eigenvalue weighted by Crippen LogP contribution is 2.47. The molecular formula is C20H24N2O2S2. The molecule has 1 N–H and O–H groups in total. The average molecular weight is 389 g/mol. The van der Waals surface area contributed by atoms with Crippen LogP contribution in [0.3, 0.4) is 0 Å². The minimum atomic E-state index is -0.838. The van der Waals surface area contributed by atoms with Gasteiger partial charge < -0.3 is 10.0 Å². The normalized spacial score (nSPS) is 28.6. The van der Waals surface area contributed by atoms with Gasteiger partial charge in [-0.05, 0) is 31.1 Å². The number of benzene rings is 1. The summed E-state index contributed by atoms with van der Waals surface area (Å²) < 4.78 is 0.923. The maximum absolute atomic E-state index is 13.1. The monoisotopic (exact) mass is 388 g/mol. The van der Waals surface area contributed by atoms with Crippen molar-refractivity contribution in [1.29, 1.82) is 0 Å². The zero-order valence-electron chi connectivity index (χ0n) is 14.9. The summed E-state index contributed by atoms with van der Waals surface area (Å²) in [4.78, 5) is 19.6. The van der Waals surface area contributed by atoms with Gasteiger partial charge in [0.1, 0.15) is 10.0 Å². The number of aliphatic hydroxyl groups is 1. The third kappa shape index (κ3) is 3.08. The Morgan fingerprint density at radius 3 is 2.81 bits per heavy atom. The Bertz CT molecular complexity index is 779. The number of amides is 1. The zero-order valence-corrected chi connectivity index (χ0v) is 16.6. The van der Waals surface area contributed by atoms with E-state index in [1.54, 1.807) is 11.8 Å². The summed E-state index contributed by atoms with van der Waals surface area (Å²) in [5.41, 5.74) is 0.700. The molecule has 0 radical (unpaired) electrons. The predicted octanol–water partition coefficient (Wildman–Crippen LogP) is 4.16. The summed E-state index contributed by atoms with van der Waals surface area (Å²) in [6, 6.07) is 10.1. The molecule has 0 spiro atoms. The Labute approximate surface area is 162 Å². The van der Waals surface area contributed by atoms with E-state index in [1.807, 2.05) is 46.9 Å². The quantitative estimate of drug-likeness (QED) is 0.802. The molecule has 1 aliphatic carbocycles. The van der Waals surface area contributed by atoms with Crippen molar-refractivity contribution >= 4 is 29.0 Å². The van der Waals surface area contributed by atoms with Crippen LogP contribution in [0.1, 0.15) is 48.2 Å². The van der Waals surface area contributed by atoms with E-state index in [0.29, 0.717) is 18.7 Å². The highest BCUT2D eigenvalue weighted by Gasteiger charge is 2.50. The molecule has 2 fully saturated rings. The smallest absolute Gasteiger partial charge is 0.273 e. The molecule has 1 aliphatic heterocycles. The molecule has 1 saturated heterocycles. The van der Waals surface area contributed by atoms with Crippen molar-refractivity contribution in [1.82, 2.24) is 9.88 Å². The van der Waals surface area contributed by atoms with E-state index >= 15 is 0 Å². The van der Waals surface area contributed by atoms with Crippen molar-refractivity contribution in [3.63, 3.8) is 0 Å². The Hall–Kier alpha value is -1.37. The summed E-state index contributed by atoms with van der Waals surface area (Å²) in [6.07, 6.45) is 6.72. The van der Waals surface area contributed by atoms with Crippen LogP contribution < -0.4 is 0 Å². The second-order valence-electron chi connectivity index (χ2n) is 7.20. The van der Waals surface area contributed by atoms with Gasteiger partial charge in [0.25, 0.3) is 5.91 Å². The van der Waals surface area contributed by atoms with Gasteiger partial charge in [-0.1, -0.05) is 54.9 Å². The maximum atomic E-state index is 13.1. The Balaban J connectivity index is 1.63. The van der Waals surface area contributed by atoms with Crippen LogP contribution in [0, 0.1) is 5.92 Å². The van der Waals surface area contributed by atoms with Gasteiger partial charge in [0.05, 0.1) is 5.60 Å². The standard InChI is InChI=1S/C20H24N2O2S2/c1-25-19-21-16(13-26-19)18(23)22-12-11-20(24,14-7-3-2-4-8-14)15-9-5-6-10-17(15)22/h2-4,7-8,13,15,17,24H,5-6,9-12H2,1H3/t15-,17-,20?/m1/s1. The molecule has 1 aromatic carbocycles. The van der Waals surface area contributed by atoms with Crippen molar-refractivity contribution < 1.29 is 9.90 Å². The van der Waals surface area contributed by atoms with Crippen LogP contribution in [0.15, 0.2) is 40.1 Å². The second kappa shape index (κ2) is 7.33. The molecule has 6 heteroatoms. The van der Waals surface area contributed by atoms with Crippen molar-refractivity contribution in [3.05, 3.63) is 47.0 Å². The topological polar surface area (TPSA) is 53.4 Å². The lowest BCUT2D eigenvalue weighted by atomic mass is 9.66. The van der Waals surface area contributed by atoms with Crippen LogP contribution in [0.25, 0.3) is 0 Å². The Morgan fingerprint density at radius 2 is 2.08 bits per heavy atom. The fourth-order valence-electron chi connectivity index (χ4n) is 4.62. The summed E-state index contributed by atoms with van der Waals surface area (Å²) in [5.74, 6) is 0.114. The number of nitrogens with zero attached hydrogens (tertiary/aromatic N) is 2. The first-order valence-electron chi connectivity index (χ1n) is 9.22. The van der Waals surface area contributed by atoms with E-state index < -0.39 is 5.60 Å². The number of fused-ring (bicyclic) bond motifs is 1. The van der Waals surface area contributed by atoms with E-state index in [9.17, 15) is 9.90 Å². The fraction of sp³-hybridized carbons (Fsp3) is 0.500. The molecule has 138 valence electrons. The number of likely N-dealkylation sites (tertiary alicyclic amines) is 1. The molecule has 26 heavy (non-hydrogen) atoms. The first-order valence-corrected chi connectivity index (χ1v) is 11.3. The van der Waals surface area contributed by atoms with E-state index in [0.717, 1.165) is 35.6 Å². The third-order valence-corrected chi connectivity index (χ3v) is 7.75. The molecule has 4 rings (SSSR count). The second-order valence-corrected chi connectivity index (χ2v) is 9.11. The van der Waals surface area contributed by atoms with Crippen LogP contribution >= 0.6 is 23.1 Å². The van der Waals surface area contributed by atoms with Crippen LogP contribution in [0.5, 0.6) is 0 Å². The van der Waals surface area contributed by atoms with Crippen molar-refractivity contribution in [2.24, 2.45) is 5.92 Å². The third-order valence-electron chi connectivity index (χ3n) is 5.89. The first kappa shape index (κ1) is 18.0. The van der Waals surface area contributed by atoms with Crippen molar-refractivity contribution in [2.45, 2.75) is 48.1 Å². The van der Waals surface area contributed by atoms with E-state index in [4.69, 9.17) is 0 Å². The SMILES string of the molecule is CSc1nc(C(=O)N2CCC(O)(c3ccccc3)[C@@H]3CCCC[C@H]32)cs1. The van der Waals surface area contributed by atoms with Gasteiger partial charge >= 0.3 is 0 Å². The van der Waals surface area contributed by atoms with Crippen LogP contribution in [0.2, 0.25) is 0 Å². The molecule has 2 heterocycles. The summed E-state index contributed by atoms with van der Waals surface area (Å²) in [5, 5.41) is 13.5. The zero-order chi connectivity index (χ0) is 18.1. The molecule has 2 aliphatic rings. The molecule has 2 aromatic rings. The van der Waals surface area contributed by atoms with Gasteiger partial charge in [-0.2, -0.15) is 0 Å². The van der Waals surface area contributed by atoms with E-state index in [-0.39, 0.29) is 17.9 Å². The molecule has 0 bridgehead atoms. The van der Waals surface area contributed by atoms with Crippen LogP contribution in [-0.2, 0) is 5.60 Å². The van der Waals surface area contributed by atoms with E-state index in [1.165, 1.54) is 11.3 Å². The maximum Gasteiger partial charge on any atom is 0.273 e. The lowest BCUT2D eigenvalue weighted by molar-refractivity contribution is -0.110. The van der Waals surface area contributed by atoms with Gasteiger partial charge in [0, 0.05) is 23.9 Å². The number of hydrogen-bond donors (Lipinski definition) is 1. The summed E-state index contributed by atoms with van der Waals surface area (Å²) in [7, 11) is 0. The fourth-order valence-corrected chi connectivity index (χ4v) is 5.85. The number of hydrogen-bond acceptors (Lipinski definition) is 5. The Kier molecular flexibility index (Phi) is 5.08. The van der Waals surface area contributed by atoms with Crippen molar-refractivity contribution in [2.75, 3.05) is 12.8 Å². The molecule has 1 saturated carbocycles. The number of thioether (sulfide) groups is 1. The lowest BCUT2D eigenvalue weighted by Gasteiger charge is -2.52. The van der Waals surface area contributed by atoms with Gasteiger partial charge in [-0.3, -0.25) is 4.79 Å². The highest BCUT2D eigenvalue weighted by atomic mass is 32.2. The first-order chi connectivity index (χ1) is 12.6.